The van der Waals surface area contributed by atoms with Crippen LogP contribution in [0.4, 0.5) is 17.2 Å². The largest absolute Gasteiger partial charge is 0.496 e. The lowest BCUT2D eigenvalue weighted by Crippen LogP contribution is -2.08. The second-order valence-electron chi connectivity index (χ2n) is 3.88. The molecule has 2 rings (SSSR count). The number of ether oxygens (including phenoxy) is 1. The third kappa shape index (κ3) is 2.70. The maximum Gasteiger partial charge on any atom is 0.141 e. The third-order valence-electron chi connectivity index (χ3n) is 2.59. The molecule has 18 heavy (non-hydrogen) atoms. The van der Waals surface area contributed by atoms with E-state index in [1.54, 1.807) is 13.3 Å². The van der Waals surface area contributed by atoms with E-state index in [0.717, 1.165) is 22.7 Å². The lowest BCUT2D eigenvalue weighted by Gasteiger charge is -2.10. The number of anilines is 3. The van der Waals surface area contributed by atoms with Gasteiger partial charge in [-0.3, -0.25) is 0 Å². The standard InChI is InChI=1S/C13H16N4O/c1-9-7-10(3-4-12(9)18-2)16-11-5-6-15-13(8-11)17-14/h3-8H,14H2,1-2H3,(H2,15,16,17). The number of hydrazine groups is 1. The minimum absolute atomic E-state index is 0.616. The highest BCUT2D eigenvalue weighted by atomic mass is 16.5. The Labute approximate surface area is 106 Å². The lowest BCUT2D eigenvalue weighted by molar-refractivity contribution is 0.412. The summed E-state index contributed by atoms with van der Waals surface area (Å²) in [6.45, 7) is 2.00. The average Bonchev–Trinajstić information content (AvgIpc) is 2.39. The van der Waals surface area contributed by atoms with Crippen molar-refractivity contribution in [1.29, 1.82) is 0 Å². The number of nitrogen functional groups attached to an aromatic ring is 1. The third-order valence-corrected chi connectivity index (χ3v) is 2.59. The van der Waals surface area contributed by atoms with Gasteiger partial charge in [-0.25, -0.2) is 10.8 Å². The Balaban J connectivity index is 2.20. The molecule has 0 fully saturated rings. The minimum atomic E-state index is 0.616. The monoisotopic (exact) mass is 244 g/mol. The number of aryl methyl sites for hydroxylation is 1. The van der Waals surface area contributed by atoms with Gasteiger partial charge in [-0.15, -0.1) is 0 Å². The van der Waals surface area contributed by atoms with Crippen LogP contribution in [0.25, 0.3) is 0 Å². The van der Waals surface area contributed by atoms with E-state index in [4.69, 9.17) is 10.6 Å². The second-order valence-corrected chi connectivity index (χ2v) is 3.88. The van der Waals surface area contributed by atoms with Crippen LogP contribution in [0.1, 0.15) is 5.56 Å². The molecule has 1 aromatic carbocycles. The van der Waals surface area contributed by atoms with Crippen LogP contribution in [-0.4, -0.2) is 12.1 Å². The fourth-order valence-corrected chi connectivity index (χ4v) is 1.71. The van der Waals surface area contributed by atoms with E-state index in [1.807, 2.05) is 37.3 Å². The van der Waals surface area contributed by atoms with E-state index in [0.29, 0.717) is 5.82 Å². The number of nitrogens with zero attached hydrogens (tertiary/aromatic N) is 1. The van der Waals surface area contributed by atoms with Gasteiger partial charge in [0.25, 0.3) is 0 Å². The van der Waals surface area contributed by atoms with Gasteiger partial charge in [-0.1, -0.05) is 0 Å². The Morgan fingerprint density at radius 1 is 1.17 bits per heavy atom. The molecule has 0 saturated heterocycles. The molecule has 5 heteroatoms. The summed E-state index contributed by atoms with van der Waals surface area (Å²) in [5.74, 6) is 6.81. The van der Waals surface area contributed by atoms with Crippen molar-refractivity contribution >= 4 is 17.2 Å². The van der Waals surface area contributed by atoms with Crippen molar-refractivity contribution in [3.05, 3.63) is 42.1 Å². The molecule has 0 radical (unpaired) electrons. The highest BCUT2D eigenvalue weighted by Gasteiger charge is 2.01. The first-order valence-corrected chi connectivity index (χ1v) is 5.57. The van der Waals surface area contributed by atoms with E-state index >= 15 is 0 Å². The SMILES string of the molecule is COc1ccc(Nc2ccnc(NN)c2)cc1C. The molecule has 0 spiro atoms. The first-order valence-electron chi connectivity index (χ1n) is 5.57. The van der Waals surface area contributed by atoms with Gasteiger partial charge in [0.15, 0.2) is 0 Å². The predicted molar refractivity (Wildman–Crippen MR) is 73.1 cm³/mol. The number of methoxy groups -OCH3 is 1. The van der Waals surface area contributed by atoms with Crippen molar-refractivity contribution in [2.75, 3.05) is 17.9 Å². The second kappa shape index (κ2) is 5.37. The van der Waals surface area contributed by atoms with Gasteiger partial charge in [0.2, 0.25) is 0 Å². The summed E-state index contributed by atoms with van der Waals surface area (Å²) in [5, 5.41) is 3.28. The van der Waals surface area contributed by atoms with E-state index in [9.17, 15) is 0 Å². The van der Waals surface area contributed by atoms with Gasteiger partial charge < -0.3 is 15.5 Å². The van der Waals surface area contributed by atoms with Gasteiger partial charge >= 0.3 is 0 Å². The zero-order valence-corrected chi connectivity index (χ0v) is 10.4. The molecule has 0 amide bonds. The number of hydrogen-bond donors (Lipinski definition) is 3. The molecule has 5 nitrogen and oxygen atoms in total. The van der Waals surface area contributed by atoms with Crippen LogP contribution in [0, 0.1) is 6.92 Å². The van der Waals surface area contributed by atoms with Crippen molar-refractivity contribution in [2.24, 2.45) is 5.84 Å². The van der Waals surface area contributed by atoms with Crippen molar-refractivity contribution in [1.82, 2.24) is 4.98 Å². The molecule has 0 unspecified atom stereocenters. The fraction of sp³-hybridized carbons (Fsp3) is 0.154. The maximum absolute atomic E-state index is 5.32. The van der Waals surface area contributed by atoms with Crippen molar-refractivity contribution in [3.63, 3.8) is 0 Å². The first-order chi connectivity index (χ1) is 8.72. The summed E-state index contributed by atoms with van der Waals surface area (Å²) in [7, 11) is 1.66. The number of aromatic nitrogens is 1. The Morgan fingerprint density at radius 3 is 2.61 bits per heavy atom. The molecule has 0 aliphatic carbocycles. The van der Waals surface area contributed by atoms with Crippen LogP contribution in [0.2, 0.25) is 0 Å². The molecular formula is C13H16N4O. The van der Waals surface area contributed by atoms with Crippen molar-refractivity contribution in [3.8, 4) is 5.75 Å². The highest BCUT2D eigenvalue weighted by Crippen LogP contribution is 2.24. The van der Waals surface area contributed by atoms with Crippen LogP contribution >= 0.6 is 0 Å². The van der Waals surface area contributed by atoms with Crippen LogP contribution in [0.3, 0.4) is 0 Å². The van der Waals surface area contributed by atoms with E-state index in [-0.39, 0.29) is 0 Å². The Morgan fingerprint density at radius 2 is 1.94 bits per heavy atom. The van der Waals surface area contributed by atoms with Gasteiger partial charge in [-0.2, -0.15) is 0 Å². The normalized spacial score (nSPS) is 9.94. The average molecular weight is 244 g/mol. The molecular weight excluding hydrogens is 228 g/mol. The molecule has 1 heterocycles. The van der Waals surface area contributed by atoms with E-state index in [1.165, 1.54) is 0 Å². The number of rotatable bonds is 4. The van der Waals surface area contributed by atoms with E-state index < -0.39 is 0 Å². The smallest absolute Gasteiger partial charge is 0.141 e. The fourth-order valence-electron chi connectivity index (χ4n) is 1.71. The van der Waals surface area contributed by atoms with Crippen LogP contribution < -0.4 is 21.3 Å². The van der Waals surface area contributed by atoms with E-state index in [2.05, 4.69) is 15.7 Å². The molecule has 0 aliphatic heterocycles. The molecule has 94 valence electrons. The molecule has 0 saturated carbocycles. The highest BCUT2D eigenvalue weighted by molar-refractivity contribution is 5.63. The van der Waals surface area contributed by atoms with Gasteiger partial charge in [0, 0.05) is 23.6 Å². The topological polar surface area (TPSA) is 72.2 Å². The molecule has 1 aromatic heterocycles. The van der Waals surface area contributed by atoms with Gasteiger partial charge in [0.05, 0.1) is 7.11 Å². The molecule has 4 N–H and O–H groups in total. The zero-order chi connectivity index (χ0) is 13.0. The minimum Gasteiger partial charge on any atom is -0.496 e. The molecule has 0 atom stereocenters. The number of benzene rings is 1. The lowest BCUT2D eigenvalue weighted by atomic mass is 10.2. The Bertz CT molecular complexity index is 542. The number of nitrogens with one attached hydrogen (secondary N) is 2. The zero-order valence-electron chi connectivity index (χ0n) is 10.4. The predicted octanol–water partition coefficient (Wildman–Crippen LogP) is 2.43. The van der Waals surface area contributed by atoms with Gasteiger partial charge in [0.1, 0.15) is 11.6 Å². The summed E-state index contributed by atoms with van der Waals surface area (Å²) < 4.78 is 5.22. The van der Waals surface area contributed by atoms with Gasteiger partial charge in [-0.05, 0) is 36.8 Å². The van der Waals surface area contributed by atoms with Crippen LogP contribution in [0.15, 0.2) is 36.5 Å². The summed E-state index contributed by atoms with van der Waals surface area (Å²) in [6.07, 6.45) is 1.69. The van der Waals surface area contributed by atoms with Crippen LogP contribution in [0.5, 0.6) is 5.75 Å². The van der Waals surface area contributed by atoms with Crippen molar-refractivity contribution < 1.29 is 4.74 Å². The Hall–Kier alpha value is -2.27. The quantitative estimate of drug-likeness (QED) is 0.569. The number of nitrogens with two attached hydrogens (primary N) is 1. The number of hydrogen-bond acceptors (Lipinski definition) is 5. The molecule has 0 bridgehead atoms. The van der Waals surface area contributed by atoms with Crippen LogP contribution in [-0.2, 0) is 0 Å². The summed E-state index contributed by atoms with van der Waals surface area (Å²) in [6, 6.07) is 9.62. The summed E-state index contributed by atoms with van der Waals surface area (Å²) >= 11 is 0. The summed E-state index contributed by atoms with van der Waals surface area (Å²) in [4.78, 5) is 4.05. The first kappa shape index (κ1) is 12.2. The Kier molecular flexibility index (Phi) is 3.64. The number of pyridine rings is 1. The van der Waals surface area contributed by atoms with Crippen molar-refractivity contribution in [2.45, 2.75) is 6.92 Å². The summed E-state index contributed by atoms with van der Waals surface area (Å²) in [5.41, 5.74) is 5.50. The molecule has 0 aliphatic rings. The maximum atomic E-state index is 5.32. The molecule has 2 aromatic rings.